The zero-order valence-corrected chi connectivity index (χ0v) is 13.8. The van der Waals surface area contributed by atoms with Gasteiger partial charge >= 0.3 is 0 Å². The van der Waals surface area contributed by atoms with Gasteiger partial charge in [0.2, 0.25) is 0 Å². The van der Waals surface area contributed by atoms with E-state index in [-0.39, 0.29) is 28.3 Å². The second-order valence-electron chi connectivity index (χ2n) is 5.39. The third-order valence-corrected chi connectivity index (χ3v) is 3.85. The van der Waals surface area contributed by atoms with Crippen molar-refractivity contribution in [2.24, 2.45) is 5.73 Å². The van der Waals surface area contributed by atoms with Gasteiger partial charge in [0, 0.05) is 23.3 Å². The Hall–Kier alpha value is -2.93. The van der Waals surface area contributed by atoms with Crippen LogP contribution in [0.4, 0.5) is 8.78 Å². The maximum absolute atomic E-state index is 13.4. The number of nitrogens with two attached hydrogens (primary N) is 1. The third kappa shape index (κ3) is 3.77. The summed E-state index contributed by atoms with van der Waals surface area (Å²) >= 11 is 5.02. The lowest BCUT2D eigenvalue weighted by Gasteiger charge is -2.11. The average molecular weight is 357 g/mol. The molecular formula is C18H13F2N3OS. The summed E-state index contributed by atoms with van der Waals surface area (Å²) in [6, 6.07) is 12.9. The Morgan fingerprint density at radius 2 is 1.76 bits per heavy atom. The van der Waals surface area contributed by atoms with Crippen LogP contribution < -0.4 is 11.3 Å². The first-order valence-electron chi connectivity index (χ1n) is 7.36. The van der Waals surface area contributed by atoms with Crippen molar-refractivity contribution in [2.45, 2.75) is 6.54 Å². The largest absolute Gasteiger partial charge is 0.389 e. The van der Waals surface area contributed by atoms with Gasteiger partial charge in [0.25, 0.3) is 5.56 Å². The lowest BCUT2D eigenvalue weighted by molar-refractivity contribution is 0.583. The molecule has 0 bridgehead atoms. The van der Waals surface area contributed by atoms with Crippen molar-refractivity contribution >= 4 is 17.2 Å². The molecule has 0 aliphatic carbocycles. The molecule has 25 heavy (non-hydrogen) atoms. The first-order valence-corrected chi connectivity index (χ1v) is 7.77. The number of benzene rings is 2. The molecule has 1 heterocycles. The lowest BCUT2D eigenvalue weighted by atomic mass is 10.1. The van der Waals surface area contributed by atoms with Gasteiger partial charge in [-0.2, -0.15) is 5.10 Å². The number of hydrogen-bond donors (Lipinski definition) is 1. The molecule has 0 amide bonds. The molecule has 3 aromatic rings. The highest BCUT2D eigenvalue weighted by Gasteiger charge is 2.10. The fourth-order valence-electron chi connectivity index (χ4n) is 2.48. The first-order chi connectivity index (χ1) is 11.9. The third-order valence-electron chi connectivity index (χ3n) is 3.63. The van der Waals surface area contributed by atoms with Crippen LogP contribution in [-0.4, -0.2) is 14.8 Å². The number of thiocarbonyl (C=S) groups is 1. The van der Waals surface area contributed by atoms with Gasteiger partial charge in [0.1, 0.15) is 16.6 Å². The Morgan fingerprint density at radius 1 is 1.08 bits per heavy atom. The highest BCUT2D eigenvalue weighted by atomic mass is 32.1. The molecular weight excluding hydrogens is 344 g/mol. The molecule has 2 aromatic carbocycles. The van der Waals surface area contributed by atoms with Crippen molar-refractivity contribution in [1.29, 1.82) is 0 Å². The number of rotatable bonds is 4. The molecule has 0 spiro atoms. The normalized spacial score (nSPS) is 10.6. The Labute approximate surface area is 147 Å². The summed E-state index contributed by atoms with van der Waals surface area (Å²) in [5.41, 5.74) is 7.26. The molecule has 0 atom stereocenters. The van der Waals surface area contributed by atoms with Crippen LogP contribution in [0.5, 0.6) is 0 Å². The van der Waals surface area contributed by atoms with E-state index in [4.69, 9.17) is 18.0 Å². The van der Waals surface area contributed by atoms with Gasteiger partial charge in [-0.25, -0.2) is 13.5 Å². The van der Waals surface area contributed by atoms with E-state index < -0.39 is 11.6 Å². The Bertz CT molecular complexity index is 997. The van der Waals surface area contributed by atoms with Crippen LogP contribution in [0.2, 0.25) is 0 Å². The molecule has 0 radical (unpaired) electrons. The predicted molar refractivity (Wildman–Crippen MR) is 95.3 cm³/mol. The van der Waals surface area contributed by atoms with Crippen LogP contribution in [0, 0.1) is 11.6 Å². The molecule has 0 aliphatic heterocycles. The van der Waals surface area contributed by atoms with Gasteiger partial charge in [-0.05, 0) is 23.8 Å². The summed E-state index contributed by atoms with van der Waals surface area (Å²) < 4.78 is 28.0. The van der Waals surface area contributed by atoms with Crippen molar-refractivity contribution < 1.29 is 8.78 Å². The monoisotopic (exact) mass is 357 g/mol. The number of aromatic nitrogens is 2. The molecule has 0 fully saturated rings. The van der Waals surface area contributed by atoms with Crippen LogP contribution >= 0.6 is 12.2 Å². The minimum Gasteiger partial charge on any atom is -0.389 e. The Morgan fingerprint density at radius 3 is 2.44 bits per heavy atom. The summed E-state index contributed by atoms with van der Waals surface area (Å²) in [6.45, 7) is 0.137. The standard InChI is InChI=1S/C18H13F2N3OS/c19-13-7-12(8-14(20)9-13)16-5-6-17(24)23(22-16)10-11-3-1-2-4-15(11)18(21)25/h1-9H,10H2,(H2,21,25). The van der Waals surface area contributed by atoms with Crippen molar-refractivity contribution in [1.82, 2.24) is 9.78 Å². The second-order valence-corrected chi connectivity index (χ2v) is 5.83. The zero-order chi connectivity index (χ0) is 18.0. The summed E-state index contributed by atoms with van der Waals surface area (Å²) in [4.78, 5) is 12.3. The van der Waals surface area contributed by atoms with Gasteiger partial charge in [0.15, 0.2) is 0 Å². The molecule has 0 saturated heterocycles. The molecule has 4 nitrogen and oxygen atoms in total. The van der Waals surface area contributed by atoms with Crippen LogP contribution in [0.25, 0.3) is 11.3 Å². The maximum atomic E-state index is 13.4. The van der Waals surface area contributed by atoms with Gasteiger partial charge in [-0.15, -0.1) is 0 Å². The van der Waals surface area contributed by atoms with Crippen molar-refractivity contribution in [3.63, 3.8) is 0 Å². The molecule has 2 N–H and O–H groups in total. The van der Waals surface area contributed by atoms with E-state index in [2.05, 4.69) is 5.10 Å². The molecule has 3 rings (SSSR count). The number of hydrogen-bond acceptors (Lipinski definition) is 3. The van der Waals surface area contributed by atoms with Gasteiger partial charge in [-0.1, -0.05) is 36.5 Å². The van der Waals surface area contributed by atoms with E-state index in [0.717, 1.165) is 23.8 Å². The smallest absolute Gasteiger partial charge is 0.267 e. The lowest BCUT2D eigenvalue weighted by Crippen LogP contribution is -2.24. The fraction of sp³-hybridized carbons (Fsp3) is 0.0556. The first kappa shape index (κ1) is 16.9. The summed E-state index contributed by atoms with van der Waals surface area (Å²) in [5.74, 6) is -1.43. The summed E-state index contributed by atoms with van der Waals surface area (Å²) in [5, 5.41) is 4.21. The average Bonchev–Trinajstić information content (AvgIpc) is 2.56. The SMILES string of the molecule is NC(=S)c1ccccc1Cn1nc(-c2cc(F)cc(F)c2)ccc1=O. The number of halogens is 2. The van der Waals surface area contributed by atoms with Gasteiger partial charge < -0.3 is 5.73 Å². The molecule has 7 heteroatoms. The van der Waals surface area contributed by atoms with E-state index in [9.17, 15) is 13.6 Å². The molecule has 0 unspecified atom stereocenters. The molecule has 126 valence electrons. The Kier molecular flexibility index (Phi) is 4.67. The van der Waals surface area contributed by atoms with Gasteiger partial charge in [0.05, 0.1) is 12.2 Å². The fourth-order valence-corrected chi connectivity index (χ4v) is 2.68. The summed E-state index contributed by atoms with van der Waals surface area (Å²) in [7, 11) is 0. The van der Waals surface area contributed by atoms with Crippen LogP contribution in [-0.2, 0) is 6.54 Å². The maximum Gasteiger partial charge on any atom is 0.267 e. The quantitative estimate of drug-likeness (QED) is 0.730. The van der Waals surface area contributed by atoms with Crippen LogP contribution in [0.1, 0.15) is 11.1 Å². The predicted octanol–water partition coefficient (Wildman–Crippen LogP) is 2.87. The highest BCUT2D eigenvalue weighted by Crippen LogP contribution is 2.19. The minimum atomic E-state index is -0.714. The van der Waals surface area contributed by atoms with E-state index in [1.54, 1.807) is 24.3 Å². The van der Waals surface area contributed by atoms with Crippen LogP contribution in [0.15, 0.2) is 59.4 Å². The van der Waals surface area contributed by atoms with Crippen molar-refractivity contribution in [3.8, 4) is 11.3 Å². The molecule has 0 aliphatic rings. The summed E-state index contributed by atoms with van der Waals surface area (Å²) in [6.07, 6.45) is 0. The van der Waals surface area contributed by atoms with Crippen LogP contribution in [0.3, 0.4) is 0 Å². The van der Waals surface area contributed by atoms with E-state index in [0.29, 0.717) is 5.56 Å². The van der Waals surface area contributed by atoms with E-state index in [1.807, 2.05) is 0 Å². The van der Waals surface area contributed by atoms with E-state index in [1.165, 1.54) is 16.8 Å². The van der Waals surface area contributed by atoms with Crippen molar-refractivity contribution in [3.05, 3.63) is 87.7 Å². The highest BCUT2D eigenvalue weighted by molar-refractivity contribution is 7.80. The van der Waals surface area contributed by atoms with Crippen molar-refractivity contribution in [2.75, 3.05) is 0 Å². The van der Waals surface area contributed by atoms with Gasteiger partial charge in [-0.3, -0.25) is 4.79 Å². The zero-order valence-electron chi connectivity index (χ0n) is 12.9. The van der Waals surface area contributed by atoms with E-state index >= 15 is 0 Å². The topological polar surface area (TPSA) is 60.9 Å². The second kappa shape index (κ2) is 6.90. The molecule has 1 aromatic heterocycles. The minimum absolute atomic E-state index is 0.137. The Balaban J connectivity index is 2.04. The molecule has 0 saturated carbocycles. The number of nitrogens with zero attached hydrogens (tertiary/aromatic N) is 2.